The van der Waals surface area contributed by atoms with Crippen LogP contribution in [0.2, 0.25) is 0 Å². The zero-order valence-corrected chi connectivity index (χ0v) is 15.1. The fourth-order valence-electron chi connectivity index (χ4n) is 2.30. The van der Waals surface area contributed by atoms with Gasteiger partial charge in [0.15, 0.2) is 6.61 Å². The minimum absolute atomic E-state index is 0.0624. The SMILES string of the molecule is COCCNC(=O)Cc1ccc(NC(=O)COc2cccc(C)c2)cc1. The van der Waals surface area contributed by atoms with E-state index < -0.39 is 0 Å². The molecule has 2 N–H and O–H groups in total. The Balaban J connectivity index is 1.77. The van der Waals surface area contributed by atoms with Crippen molar-refractivity contribution in [3.63, 3.8) is 0 Å². The molecular weight excluding hydrogens is 332 g/mol. The second-order valence-electron chi connectivity index (χ2n) is 5.87. The van der Waals surface area contributed by atoms with Crippen molar-refractivity contribution >= 4 is 17.5 Å². The van der Waals surface area contributed by atoms with Crippen LogP contribution in [0.15, 0.2) is 48.5 Å². The lowest BCUT2D eigenvalue weighted by atomic mass is 10.1. The number of hydrogen-bond donors (Lipinski definition) is 2. The van der Waals surface area contributed by atoms with Crippen molar-refractivity contribution in [2.75, 3.05) is 32.2 Å². The average molecular weight is 356 g/mol. The highest BCUT2D eigenvalue weighted by molar-refractivity contribution is 5.92. The zero-order chi connectivity index (χ0) is 18.8. The number of rotatable bonds is 9. The molecule has 0 bridgehead atoms. The van der Waals surface area contributed by atoms with Crippen LogP contribution in [0.1, 0.15) is 11.1 Å². The first-order valence-corrected chi connectivity index (χ1v) is 8.40. The number of anilines is 1. The number of hydrogen-bond acceptors (Lipinski definition) is 4. The Morgan fingerprint density at radius 1 is 1.04 bits per heavy atom. The molecule has 0 heterocycles. The predicted octanol–water partition coefficient (Wildman–Crippen LogP) is 2.32. The molecule has 6 heteroatoms. The van der Waals surface area contributed by atoms with Gasteiger partial charge in [-0.2, -0.15) is 0 Å². The van der Waals surface area contributed by atoms with Gasteiger partial charge in [-0.1, -0.05) is 24.3 Å². The molecule has 0 aromatic heterocycles. The Kier molecular flexibility index (Phi) is 7.64. The first-order valence-electron chi connectivity index (χ1n) is 8.40. The van der Waals surface area contributed by atoms with E-state index in [1.165, 1.54) is 0 Å². The van der Waals surface area contributed by atoms with Crippen molar-refractivity contribution in [3.05, 3.63) is 59.7 Å². The van der Waals surface area contributed by atoms with Crippen molar-refractivity contribution in [2.24, 2.45) is 0 Å². The highest BCUT2D eigenvalue weighted by atomic mass is 16.5. The van der Waals surface area contributed by atoms with E-state index in [1.807, 2.05) is 43.3 Å². The number of benzene rings is 2. The monoisotopic (exact) mass is 356 g/mol. The molecule has 2 rings (SSSR count). The Morgan fingerprint density at radius 3 is 2.50 bits per heavy atom. The van der Waals surface area contributed by atoms with Gasteiger partial charge >= 0.3 is 0 Å². The van der Waals surface area contributed by atoms with E-state index in [0.717, 1.165) is 11.1 Å². The van der Waals surface area contributed by atoms with Crippen LogP contribution in [0.4, 0.5) is 5.69 Å². The third-order valence-electron chi connectivity index (χ3n) is 3.59. The van der Waals surface area contributed by atoms with E-state index in [4.69, 9.17) is 9.47 Å². The third-order valence-corrected chi connectivity index (χ3v) is 3.59. The Bertz CT molecular complexity index is 729. The molecule has 0 saturated heterocycles. The molecule has 0 aliphatic rings. The molecule has 0 aliphatic carbocycles. The number of aryl methyl sites for hydroxylation is 1. The Morgan fingerprint density at radius 2 is 1.81 bits per heavy atom. The van der Waals surface area contributed by atoms with Gasteiger partial charge < -0.3 is 20.1 Å². The molecular formula is C20H24N2O4. The summed E-state index contributed by atoms with van der Waals surface area (Å²) in [4.78, 5) is 23.7. The Hall–Kier alpha value is -2.86. The van der Waals surface area contributed by atoms with Gasteiger partial charge in [0.2, 0.25) is 5.91 Å². The molecule has 2 aromatic rings. The minimum Gasteiger partial charge on any atom is -0.484 e. The van der Waals surface area contributed by atoms with Crippen molar-refractivity contribution in [2.45, 2.75) is 13.3 Å². The maximum atomic E-state index is 12.0. The molecule has 2 amide bonds. The molecule has 0 spiro atoms. The largest absolute Gasteiger partial charge is 0.484 e. The van der Waals surface area contributed by atoms with Crippen LogP contribution in [-0.4, -0.2) is 38.7 Å². The summed E-state index contributed by atoms with van der Waals surface area (Å²) in [6.45, 7) is 2.88. The van der Waals surface area contributed by atoms with E-state index in [1.54, 1.807) is 19.2 Å². The summed E-state index contributed by atoms with van der Waals surface area (Å²) in [5.41, 5.74) is 2.60. The summed E-state index contributed by atoms with van der Waals surface area (Å²) in [6, 6.07) is 14.7. The summed E-state index contributed by atoms with van der Waals surface area (Å²) >= 11 is 0. The number of methoxy groups -OCH3 is 1. The topological polar surface area (TPSA) is 76.7 Å². The van der Waals surface area contributed by atoms with Gasteiger partial charge in [-0.05, 0) is 42.3 Å². The molecule has 6 nitrogen and oxygen atoms in total. The quantitative estimate of drug-likeness (QED) is 0.676. The summed E-state index contributed by atoms with van der Waals surface area (Å²) in [7, 11) is 1.59. The van der Waals surface area contributed by atoms with Gasteiger partial charge in [0.05, 0.1) is 13.0 Å². The van der Waals surface area contributed by atoms with Crippen LogP contribution in [0.3, 0.4) is 0 Å². The van der Waals surface area contributed by atoms with Crippen molar-refractivity contribution in [1.29, 1.82) is 0 Å². The molecule has 0 radical (unpaired) electrons. The lowest BCUT2D eigenvalue weighted by Crippen LogP contribution is -2.28. The molecule has 0 unspecified atom stereocenters. The molecule has 0 atom stereocenters. The highest BCUT2D eigenvalue weighted by Crippen LogP contribution is 2.13. The van der Waals surface area contributed by atoms with Gasteiger partial charge in [0.25, 0.3) is 5.91 Å². The van der Waals surface area contributed by atoms with E-state index in [9.17, 15) is 9.59 Å². The average Bonchev–Trinajstić information content (AvgIpc) is 2.62. The second-order valence-corrected chi connectivity index (χ2v) is 5.87. The fourth-order valence-corrected chi connectivity index (χ4v) is 2.30. The number of carbonyl (C=O) groups excluding carboxylic acids is 2. The number of nitrogens with one attached hydrogen (secondary N) is 2. The predicted molar refractivity (Wildman–Crippen MR) is 100 cm³/mol. The van der Waals surface area contributed by atoms with Gasteiger partial charge in [0.1, 0.15) is 5.75 Å². The van der Waals surface area contributed by atoms with Gasteiger partial charge in [-0.15, -0.1) is 0 Å². The molecule has 26 heavy (non-hydrogen) atoms. The number of amides is 2. The van der Waals surface area contributed by atoms with Crippen molar-refractivity contribution in [3.8, 4) is 5.75 Å². The van der Waals surface area contributed by atoms with Crippen LogP contribution < -0.4 is 15.4 Å². The number of carbonyl (C=O) groups is 2. The maximum Gasteiger partial charge on any atom is 0.262 e. The van der Waals surface area contributed by atoms with Crippen LogP contribution in [0, 0.1) is 6.92 Å². The lowest BCUT2D eigenvalue weighted by Gasteiger charge is -2.09. The van der Waals surface area contributed by atoms with Crippen molar-refractivity contribution < 1.29 is 19.1 Å². The minimum atomic E-state index is -0.239. The molecule has 2 aromatic carbocycles. The third kappa shape index (κ3) is 6.94. The smallest absolute Gasteiger partial charge is 0.262 e. The molecule has 138 valence electrons. The van der Waals surface area contributed by atoms with E-state index >= 15 is 0 Å². The zero-order valence-electron chi connectivity index (χ0n) is 15.1. The maximum absolute atomic E-state index is 12.0. The van der Waals surface area contributed by atoms with Crippen LogP contribution in [-0.2, 0) is 20.7 Å². The van der Waals surface area contributed by atoms with Gasteiger partial charge in [0, 0.05) is 19.3 Å². The van der Waals surface area contributed by atoms with Crippen LogP contribution in [0.5, 0.6) is 5.75 Å². The summed E-state index contributed by atoms with van der Waals surface area (Å²) < 4.78 is 10.4. The highest BCUT2D eigenvalue weighted by Gasteiger charge is 2.06. The van der Waals surface area contributed by atoms with Gasteiger partial charge in [-0.25, -0.2) is 0 Å². The summed E-state index contributed by atoms with van der Waals surface area (Å²) in [6.07, 6.45) is 0.286. The van der Waals surface area contributed by atoms with Crippen molar-refractivity contribution in [1.82, 2.24) is 5.32 Å². The standard InChI is InChI=1S/C20H24N2O4/c1-15-4-3-5-18(12-15)26-14-20(24)22-17-8-6-16(7-9-17)13-19(23)21-10-11-25-2/h3-9,12H,10-11,13-14H2,1-2H3,(H,21,23)(H,22,24). The number of ether oxygens (including phenoxy) is 2. The van der Waals surface area contributed by atoms with E-state index in [0.29, 0.717) is 24.6 Å². The summed E-state index contributed by atoms with van der Waals surface area (Å²) in [5, 5.41) is 5.53. The second kappa shape index (κ2) is 10.2. The first-order chi connectivity index (χ1) is 12.6. The normalized spacial score (nSPS) is 10.2. The molecule has 0 aliphatic heterocycles. The van der Waals surface area contributed by atoms with Gasteiger partial charge in [-0.3, -0.25) is 9.59 Å². The molecule has 0 fully saturated rings. The first kappa shape index (κ1) is 19.5. The van der Waals surface area contributed by atoms with E-state index in [-0.39, 0.29) is 24.8 Å². The van der Waals surface area contributed by atoms with Crippen LogP contribution >= 0.6 is 0 Å². The van der Waals surface area contributed by atoms with E-state index in [2.05, 4.69) is 10.6 Å². The molecule has 0 saturated carbocycles. The Labute approximate surface area is 153 Å². The summed E-state index contributed by atoms with van der Waals surface area (Å²) in [5.74, 6) is 0.358. The fraction of sp³-hybridized carbons (Fsp3) is 0.300. The lowest BCUT2D eigenvalue weighted by molar-refractivity contribution is -0.120. The van der Waals surface area contributed by atoms with Crippen LogP contribution in [0.25, 0.3) is 0 Å².